The Balaban J connectivity index is 3.39. The molecule has 0 spiro atoms. The fourth-order valence-corrected chi connectivity index (χ4v) is 0.731. The van der Waals surface area contributed by atoms with E-state index < -0.39 is 0 Å². The van der Waals surface area contributed by atoms with E-state index in [1.807, 2.05) is 13.8 Å². The molecule has 0 amide bonds. The van der Waals surface area contributed by atoms with Crippen molar-refractivity contribution < 1.29 is 14.9 Å². The molecule has 0 aliphatic carbocycles. The Hall–Kier alpha value is -0.120. The summed E-state index contributed by atoms with van der Waals surface area (Å²) in [6, 6.07) is 0. The van der Waals surface area contributed by atoms with Crippen molar-refractivity contribution in [1.29, 1.82) is 0 Å². The first-order chi connectivity index (χ1) is 4.70. The van der Waals surface area contributed by atoms with Gasteiger partial charge in [-0.25, -0.2) is 0 Å². The van der Waals surface area contributed by atoms with Crippen molar-refractivity contribution in [2.75, 3.05) is 13.2 Å². The van der Waals surface area contributed by atoms with E-state index in [1.54, 1.807) is 0 Å². The summed E-state index contributed by atoms with van der Waals surface area (Å²) in [5.41, 5.74) is 0. The number of ether oxygens (including phenoxy) is 1. The summed E-state index contributed by atoms with van der Waals surface area (Å²) >= 11 is 0. The van der Waals surface area contributed by atoms with Crippen LogP contribution in [-0.4, -0.2) is 35.6 Å². The Labute approximate surface area is 61.6 Å². The van der Waals surface area contributed by atoms with Crippen LogP contribution in [-0.2, 0) is 4.74 Å². The van der Waals surface area contributed by atoms with Crippen LogP contribution in [0.4, 0.5) is 0 Å². The zero-order chi connectivity index (χ0) is 7.98. The third-order valence-electron chi connectivity index (χ3n) is 1.12. The van der Waals surface area contributed by atoms with Crippen LogP contribution in [0.1, 0.15) is 20.3 Å². The average molecular weight is 148 g/mol. The second kappa shape index (κ2) is 5.65. The minimum Gasteiger partial charge on any atom is -0.396 e. The van der Waals surface area contributed by atoms with E-state index >= 15 is 0 Å². The molecule has 0 fully saturated rings. The van der Waals surface area contributed by atoms with E-state index in [4.69, 9.17) is 14.9 Å². The predicted octanol–water partition coefficient (Wildman–Crippen LogP) is 0.155. The smallest absolute Gasteiger partial charge is 0.0831 e. The maximum Gasteiger partial charge on any atom is 0.0831 e. The van der Waals surface area contributed by atoms with Crippen LogP contribution in [0.5, 0.6) is 0 Å². The van der Waals surface area contributed by atoms with Crippen LogP contribution in [0.25, 0.3) is 0 Å². The van der Waals surface area contributed by atoms with Crippen LogP contribution < -0.4 is 0 Å². The molecule has 0 bridgehead atoms. The molecular weight excluding hydrogens is 132 g/mol. The lowest BCUT2D eigenvalue weighted by molar-refractivity contribution is -0.0337. The van der Waals surface area contributed by atoms with Crippen LogP contribution in [0.2, 0.25) is 0 Å². The van der Waals surface area contributed by atoms with Crippen LogP contribution in [0.15, 0.2) is 0 Å². The summed E-state index contributed by atoms with van der Waals surface area (Å²) < 4.78 is 5.23. The molecule has 0 aromatic carbocycles. The maximum absolute atomic E-state index is 8.67. The lowest BCUT2D eigenvalue weighted by Gasteiger charge is -2.16. The highest BCUT2D eigenvalue weighted by atomic mass is 16.5. The summed E-state index contributed by atoms with van der Waals surface area (Å²) in [5, 5.41) is 17.2. The highest BCUT2D eigenvalue weighted by molar-refractivity contribution is 4.55. The number of hydrogen-bond acceptors (Lipinski definition) is 3. The average Bonchev–Trinajstić information content (AvgIpc) is 1.86. The second-order valence-electron chi connectivity index (χ2n) is 2.50. The first-order valence-corrected chi connectivity index (χ1v) is 3.58. The van der Waals surface area contributed by atoms with Crippen LogP contribution >= 0.6 is 0 Å². The molecule has 0 saturated carbocycles. The lowest BCUT2D eigenvalue weighted by atomic mass is 10.3. The van der Waals surface area contributed by atoms with Gasteiger partial charge in [0.2, 0.25) is 0 Å². The van der Waals surface area contributed by atoms with Crippen molar-refractivity contribution >= 4 is 0 Å². The molecule has 0 saturated heterocycles. The van der Waals surface area contributed by atoms with E-state index in [0.717, 1.165) is 0 Å². The summed E-state index contributed by atoms with van der Waals surface area (Å²) in [6.07, 6.45) is 0.419. The van der Waals surface area contributed by atoms with Crippen molar-refractivity contribution in [2.24, 2.45) is 0 Å². The summed E-state index contributed by atoms with van der Waals surface area (Å²) in [7, 11) is 0. The van der Waals surface area contributed by atoms with Gasteiger partial charge >= 0.3 is 0 Å². The number of aliphatic hydroxyl groups excluding tert-OH is 2. The molecule has 0 radical (unpaired) electrons. The number of aliphatic hydroxyl groups is 2. The van der Waals surface area contributed by atoms with Gasteiger partial charge < -0.3 is 14.9 Å². The van der Waals surface area contributed by atoms with Gasteiger partial charge in [0.1, 0.15) is 0 Å². The second-order valence-corrected chi connectivity index (χ2v) is 2.50. The predicted molar refractivity (Wildman–Crippen MR) is 38.8 cm³/mol. The highest BCUT2D eigenvalue weighted by Gasteiger charge is 2.07. The zero-order valence-electron chi connectivity index (χ0n) is 6.58. The van der Waals surface area contributed by atoms with E-state index in [9.17, 15) is 0 Å². The quantitative estimate of drug-likeness (QED) is 0.583. The molecule has 62 valence electrons. The molecule has 0 unspecified atom stereocenters. The third kappa shape index (κ3) is 4.73. The molecule has 0 aromatic rings. The van der Waals surface area contributed by atoms with Crippen LogP contribution in [0.3, 0.4) is 0 Å². The SMILES string of the molecule is CC(C)O[C@H](CO)CCO. The van der Waals surface area contributed by atoms with E-state index in [0.29, 0.717) is 6.42 Å². The normalized spacial score (nSPS) is 14.1. The molecule has 2 N–H and O–H groups in total. The van der Waals surface area contributed by atoms with Crippen molar-refractivity contribution in [3.05, 3.63) is 0 Å². The van der Waals surface area contributed by atoms with E-state index in [2.05, 4.69) is 0 Å². The van der Waals surface area contributed by atoms with Gasteiger partial charge in [0.15, 0.2) is 0 Å². The van der Waals surface area contributed by atoms with Crippen molar-refractivity contribution in [3.63, 3.8) is 0 Å². The Kier molecular flexibility index (Phi) is 5.58. The first kappa shape index (κ1) is 9.88. The number of hydrogen-bond donors (Lipinski definition) is 2. The maximum atomic E-state index is 8.67. The molecule has 1 atom stereocenters. The van der Waals surface area contributed by atoms with Gasteiger partial charge in [-0.05, 0) is 20.3 Å². The lowest BCUT2D eigenvalue weighted by Crippen LogP contribution is -2.22. The topological polar surface area (TPSA) is 49.7 Å². The molecule has 3 nitrogen and oxygen atoms in total. The molecule has 3 heteroatoms. The van der Waals surface area contributed by atoms with Gasteiger partial charge in [-0.3, -0.25) is 0 Å². The van der Waals surface area contributed by atoms with E-state index in [-0.39, 0.29) is 25.4 Å². The van der Waals surface area contributed by atoms with Gasteiger partial charge in [0, 0.05) is 6.61 Å². The third-order valence-corrected chi connectivity index (χ3v) is 1.12. The fourth-order valence-electron chi connectivity index (χ4n) is 0.731. The standard InChI is InChI=1S/C7H16O3/c1-6(2)10-7(5-9)3-4-8/h6-9H,3-5H2,1-2H3/t7-/m0/s1. The van der Waals surface area contributed by atoms with Crippen molar-refractivity contribution in [1.82, 2.24) is 0 Å². The number of rotatable bonds is 5. The molecule has 0 aliphatic heterocycles. The zero-order valence-corrected chi connectivity index (χ0v) is 6.58. The molecule has 10 heavy (non-hydrogen) atoms. The molecular formula is C7H16O3. The van der Waals surface area contributed by atoms with Gasteiger partial charge in [-0.15, -0.1) is 0 Å². The first-order valence-electron chi connectivity index (χ1n) is 3.58. The van der Waals surface area contributed by atoms with Gasteiger partial charge in [-0.2, -0.15) is 0 Å². The Morgan fingerprint density at radius 2 is 1.90 bits per heavy atom. The Morgan fingerprint density at radius 1 is 1.30 bits per heavy atom. The largest absolute Gasteiger partial charge is 0.396 e. The van der Waals surface area contributed by atoms with Gasteiger partial charge in [-0.1, -0.05) is 0 Å². The van der Waals surface area contributed by atoms with Gasteiger partial charge in [0.05, 0.1) is 18.8 Å². The monoisotopic (exact) mass is 148 g/mol. The molecule has 0 aromatic heterocycles. The molecule has 0 aliphatic rings. The molecule has 0 rings (SSSR count). The Bertz CT molecular complexity index is 73.3. The van der Waals surface area contributed by atoms with Crippen molar-refractivity contribution in [2.45, 2.75) is 32.5 Å². The fraction of sp³-hybridized carbons (Fsp3) is 1.00. The van der Waals surface area contributed by atoms with Crippen molar-refractivity contribution in [3.8, 4) is 0 Å². The van der Waals surface area contributed by atoms with E-state index in [1.165, 1.54) is 0 Å². The Morgan fingerprint density at radius 3 is 2.20 bits per heavy atom. The summed E-state index contributed by atoms with van der Waals surface area (Å²) in [5.74, 6) is 0. The minimum atomic E-state index is -0.204. The molecule has 0 heterocycles. The highest BCUT2D eigenvalue weighted by Crippen LogP contribution is 2.00. The summed E-state index contributed by atoms with van der Waals surface area (Å²) in [4.78, 5) is 0. The van der Waals surface area contributed by atoms with Gasteiger partial charge in [0.25, 0.3) is 0 Å². The minimum absolute atomic E-state index is 0.0151. The summed E-state index contributed by atoms with van der Waals surface area (Å²) in [6.45, 7) is 3.86. The van der Waals surface area contributed by atoms with Crippen LogP contribution in [0, 0.1) is 0 Å².